The Morgan fingerprint density at radius 2 is 1.71 bits per heavy atom. The summed E-state index contributed by atoms with van der Waals surface area (Å²) in [5, 5.41) is 6.78. The maximum absolute atomic E-state index is 12.0. The summed E-state index contributed by atoms with van der Waals surface area (Å²) in [6.07, 6.45) is 1.29. The predicted octanol–water partition coefficient (Wildman–Crippen LogP) is 4.34. The lowest BCUT2D eigenvalue weighted by Gasteiger charge is -2.11. The molecule has 2 aromatic carbocycles. The van der Waals surface area contributed by atoms with Crippen molar-refractivity contribution in [3.05, 3.63) is 59.1 Å². The van der Waals surface area contributed by atoms with E-state index >= 15 is 0 Å². The van der Waals surface area contributed by atoms with Gasteiger partial charge in [-0.05, 0) is 30.2 Å². The molecule has 0 aliphatic carbocycles. The average molecular weight is 303 g/mol. The number of nitrogens with one attached hydrogen (secondary N) is 2. The van der Waals surface area contributed by atoms with E-state index in [0.29, 0.717) is 18.0 Å². The molecule has 0 spiro atoms. The van der Waals surface area contributed by atoms with Crippen LogP contribution in [0.1, 0.15) is 18.9 Å². The molecule has 0 aliphatic heterocycles. The summed E-state index contributed by atoms with van der Waals surface area (Å²) in [4.78, 5) is 12.0. The SMILES string of the molecule is CCc1ccccc1NC(=O)CCNc1ccccc1Cl. The smallest absolute Gasteiger partial charge is 0.226 e. The zero-order chi connectivity index (χ0) is 15.1. The second-order valence-corrected chi connectivity index (χ2v) is 5.12. The van der Waals surface area contributed by atoms with Gasteiger partial charge in [0.05, 0.1) is 10.7 Å². The highest BCUT2D eigenvalue weighted by Gasteiger charge is 2.05. The lowest BCUT2D eigenvalue weighted by molar-refractivity contribution is -0.115. The second-order valence-electron chi connectivity index (χ2n) is 4.72. The summed E-state index contributed by atoms with van der Waals surface area (Å²) in [5.41, 5.74) is 2.88. The van der Waals surface area contributed by atoms with Crippen LogP contribution in [0.5, 0.6) is 0 Å². The Labute approximate surface area is 130 Å². The molecule has 21 heavy (non-hydrogen) atoms. The fourth-order valence-electron chi connectivity index (χ4n) is 2.08. The maximum atomic E-state index is 12.0. The largest absolute Gasteiger partial charge is 0.383 e. The fraction of sp³-hybridized carbons (Fsp3) is 0.235. The lowest BCUT2D eigenvalue weighted by atomic mass is 10.1. The van der Waals surface area contributed by atoms with Crippen molar-refractivity contribution in [2.75, 3.05) is 17.2 Å². The van der Waals surface area contributed by atoms with Gasteiger partial charge in [0.15, 0.2) is 0 Å². The Morgan fingerprint density at radius 3 is 2.43 bits per heavy atom. The van der Waals surface area contributed by atoms with Crippen LogP contribution >= 0.6 is 11.6 Å². The summed E-state index contributed by atoms with van der Waals surface area (Å²) in [6.45, 7) is 2.62. The van der Waals surface area contributed by atoms with Gasteiger partial charge in [0, 0.05) is 18.7 Å². The molecule has 2 aromatic rings. The third-order valence-corrected chi connectivity index (χ3v) is 3.54. The standard InChI is InChI=1S/C17H19ClN2O/c1-2-13-7-3-5-9-15(13)20-17(21)11-12-19-16-10-6-4-8-14(16)18/h3-10,19H,2,11-12H2,1H3,(H,20,21). The van der Waals surface area contributed by atoms with Gasteiger partial charge < -0.3 is 10.6 Å². The number of rotatable bonds is 6. The fourth-order valence-corrected chi connectivity index (χ4v) is 2.28. The molecule has 0 saturated carbocycles. The van der Waals surface area contributed by atoms with E-state index in [9.17, 15) is 4.79 Å². The normalized spacial score (nSPS) is 10.2. The van der Waals surface area contributed by atoms with Crippen molar-refractivity contribution in [1.29, 1.82) is 0 Å². The molecule has 1 amide bonds. The van der Waals surface area contributed by atoms with Crippen LogP contribution in [0, 0.1) is 0 Å². The van der Waals surface area contributed by atoms with Crippen LogP contribution < -0.4 is 10.6 Å². The molecule has 0 heterocycles. The molecule has 0 fully saturated rings. The molecular weight excluding hydrogens is 284 g/mol. The van der Waals surface area contributed by atoms with Crippen LogP contribution in [0.3, 0.4) is 0 Å². The highest BCUT2D eigenvalue weighted by Crippen LogP contribution is 2.20. The van der Waals surface area contributed by atoms with Crippen molar-refractivity contribution in [1.82, 2.24) is 0 Å². The first-order valence-corrected chi connectivity index (χ1v) is 7.44. The number of halogens is 1. The van der Waals surface area contributed by atoms with E-state index < -0.39 is 0 Å². The van der Waals surface area contributed by atoms with Gasteiger partial charge in [-0.3, -0.25) is 4.79 Å². The average Bonchev–Trinajstić information content (AvgIpc) is 2.50. The van der Waals surface area contributed by atoms with Gasteiger partial charge in [0.25, 0.3) is 0 Å². The molecule has 0 aromatic heterocycles. The summed E-state index contributed by atoms with van der Waals surface area (Å²) < 4.78 is 0. The predicted molar refractivity (Wildman–Crippen MR) is 89.0 cm³/mol. The number of para-hydroxylation sites is 2. The summed E-state index contributed by atoms with van der Waals surface area (Å²) in [5.74, 6) is -0.00421. The van der Waals surface area contributed by atoms with Gasteiger partial charge in [-0.15, -0.1) is 0 Å². The van der Waals surface area contributed by atoms with Gasteiger partial charge >= 0.3 is 0 Å². The van der Waals surface area contributed by atoms with Crippen LogP contribution in [-0.4, -0.2) is 12.5 Å². The molecule has 0 radical (unpaired) electrons. The van der Waals surface area contributed by atoms with Gasteiger partial charge in [-0.25, -0.2) is 0 Å². The van der Waals surface area contributed by atoms with Gasteiger partial charge in [-0.2, -0.15) is 0 Å². The van der Waals surface area contributed by atoms with Crippen LogP contribution in [0.25, 0.3) is 0 Å². The van der Waals surface area contributed by atoms with Crippen molar-refractivity contribution in [3.8, 4) is 0 Å². The first-order chi connectivity index (χ1) is 10.2. The van der Waals surface area contributed by atoms with Gasteiger partial charge in [-0.1, -0.05) is 48.9 Å². The number of hydrogen-bond acceptors (Lipinski definition) is 2. The van der Waals surface area contributed by atoms with Gasteiger partial charge in [0.2, 0.25) is 5.91 Å². The highest BCUT2D eigenvalue weighted by atomic mass is 35.5. The van der Waals surface area contributed by atoms with Crippen LogP contribution in [0.4, 0.5) is 11.4 Å². The van der Waals surface area contributed by atoms with Crippen molar-refractivity contribution < 1.29 is 4.79 Å². The number of benzene rings is 2. The maximum Gasteiger partial charge on any atom is 0.226 e. The lowest BCUT2D eigenvalue weighted by Crippen LogP contribution is -2.17. The van der Waals surface area contributed by atoms with E-state index in [4.69, 9.17) is 11.6 Å². The van der Waals surface area contributed by atoms with Crippen LogP contribution in [0.2, 0.25) is 5.02 Å². The molecule has 0 atom stereocenters. The molecule has 110 valence electrons. The van der Waals surface area contributed by atoms with Crippen molar-refractivity contribution in [2.24, 2.45) is 0 Å². The zero-order valence-electron chi connectivity index (χ0n) is 12.0. The quantitative estimate of drug-likeness (QED) is 0.833. The third kappa shape index (κ3) is 4.50. The molecule has 0 aliphatic rings. The van der Waals surface area contributed by atoms with E-state index in [1.807, 2.05) is 48.5 Å². The zero-order valence-corrected chi connectivity index (χ0v) is 12.8. The molecule has 2 rings (SSSR count). The molecule has 0 unspecified atom stereocenters. The van der Waals surface area contributed by atoms with Crippen LogP contribution in [-0.2, 0) is 11.2 Å². The molecule has 0 bridgehead atoms. The second kappa shape index (κ2) is 7.70. The van der Waals surface area contributed by atoms with Crippen LogP contribution in [0.15, 0.2) is 48.5 Å². The number of hydrogen-bond donors (Lipinski definition) is 2. The summed E-state index contributed by atoms with van der Waals surface area (Å²) in [7, 11) is 0. The summed E-state index contributed by atoms with van der Waals surface area (Å²) >= 11 is 6.05. The molecule has 0 saturated heterocycles. The minimum atomic E-state index is -0.00421. The minimum absolute atomic E-state index is 0.00421. The Balaban J connectivity index is 1.84. The van der Waals surface area contributed by atoms with Crippen molar-refractivity contribution >= 4 is 28.9 Å². The molecule has 4 heteroatoms. The number of anilines is 2. The molecule has 2 N–H and O–H groups in total. The van der Waals surface area contributed by atoms with Gasteiger partial charge in [0.1, 0.15) is 0 Å². The Morgan fingerprint density at radius 1 is 1.05 bits per heavy atom. The molecular formula is C17H19ClN2O. The minimum Gasteiger partial charge on any atom is -0.383 e. The Kier molecular flexibility index (Phi) is 5.64. The van der Waals surface area contributed by atoms with E-state index in [0.717, 1.165) is 23.4 Å². The first kappa shape index (κ1) is 15.4. The number of carbonyl (C=O) groups excluding carboxylic acids is 1. The van der Waals surface area contributed by atoms with E-state index in [1.165, 1.54) is 0 Å². The Hall–Kier alpha value is -2.00. The Bertz CT molecular complexity index is 613. The highest BCUT2D eigenvalue weighted by molar-refractivity contribution is 6.33. The number of amides is 1. The van der Waals surface area contributed by atoms with Crippen molar-refractivity contribution in [2.45, 2.75) is 19.8 Å². The van der Waals surface area contributed by atoms with E-state index in [2.05, 4.69) is 17.6 Å². The monoisotopic (exact) mass is 302 g/mol. The van der Waals surface area contributed by atoms with E-state index in [-0.39, 0.29) is 5.91 Å². The number of aryl methyl sites for hydroxylation is 1. The van der Waals surface area contributed by atoms with Crippen molar-refractivity contribution in [3.63, 3.8) is 0 Å². The summed E-state index contributed by atoms with van der Waals surface area (Å²) in [6, 6.07) is 15.4. The molecule has 3 nitrogen and oxygen atoms in total. The van der Waals surface area contributed by atoms with E-state index in [1.54, 1.807) is 0 Å². The number of carbonyl (C=O) groups is 1. The topological polar surface area (TPSA) is 41.1 Å². The first-order valence-electron chi connectivity index (χ1n) is 7.07. The third-order valence-electron chi connectivity index (χ3n) is 3.21.